The molecule has 48 heavy (non-hydrogen) atoms. The maximum Gasteiger partial charge on any atom is 0.416 e. The molecule has 2 aromatic carbocycles. The Morgan fingerprint density at radius 2 is 1.75 bits per heavy atom. The summed E-state index contributed by atoms with van der Waals surface area (Å²) in [7, 11) is 1.62. The Labute approximate surface area is 274 Å². The number of ether oxygens (including phenoxy) is 1. The predicted octanol–water partition coefficient (Wildman–Crippen LogP) is 6.32. The number of aromatic nitrogens is 4. The fraction of sp³-hybridized carbons (Fsp3) is 0.265. The Morgan fingerprint density at radius 1 is 1.00 bits per heavy atom. The second-order valence-corrected chi connectivity index (χ2v) is 11.3. The molecule has 0 spiro atoms. The molecule has 3 N–H and O–H groups in total. The lowest BCUT2D eigenvalue weighted by Gasteiger charge is -2.16. The molecule has 3 aromatic heterocycles. The second kappa shape index (κ2) is 13.6. The van der Waals surface area contributed by atoms with Gasteiger partial charge in [-0.25, -0.2) is 14.6 Å². The highest BCUT2D eigenvalue weighted by atomic mass is 19.4. The molecule has 4 heterocycles. The zero-order chi connectivity index (χ0) is 33.8. The number of halogens is 3. The third kappa shape index (κ3) is 7.17. The van der Waals surface area contributed by atoms with Gasteiger partial charge in [-0.1, -0.05) is 19.1 Å². The van der Waals surface area contributed by atoms with Crippen LogP contribution in [0.5, 0.6) is 5.75 Å². The van der Waals surface area contributed by atoms with Gasteiger partial charge in [0, 0.05) is 49.2 Å². The van der Waals surface area contributed by atoms with Crippen LogP contribution in [0.15, 0.2) is 79.1 Å². The molecule has 0 unspecified atom stereocenters. The van der Waals surface area contributed by atoms with Gasteiger partial charge in [0.2, 0.25) is 5.91 Å². The SMILES string of the molecule is CCC(=O)N1CC[C@@H](Nc2nn(Cc3ccc(OC)cc3)c3nccc(Nc4ccc(C(=O)Nc5cc(C(F)(F)F)ccn5)cc4)c23)C1. The van der Waals surface area contributed by atoms with E-state index in [4.69, 9.17) is 9.84 Å². The monoisotopic (exact) mass is 658 g/mol. The van der Waals surface area contributed by atoms with Crippen LogP contribution in [0.4, 0.5) is 36.2 Å². The van der Waals surface area contributed by atoms with Crippen molar-refractivity contribution in [2.24, 2.45) is 0 Å². The van der Waals surface area contributed by atoms with E-state index >= 15 is 0 Å². The van der Waals surface area contributed by atoms with Gasteiger partial charge in [-0.05, 0) is 66.6 Å². The molecule has 0 radical (unpaired) electrons. The average Bonchev–Trinajstić information content (AvgIpc) is 3.70. The Hall–Kier alpha value is -5.66. The van der Waals surface area contributed by atoms with Crippen LogP contribution in [-0.2, 0) is 17.5 Å². The molecule has 1 atom stereocenters. The number of hydrogen-bond donors (Lipinski definition) is 3. The molecular weight excluding hydrogens is 625 g/mol. The quantitative estimate of drug-likeness (QED) is 0.159. The van der Waals surface area contributed by atoms with Crippen molar-refractivity contribution in [1.82, 2.24) is 24.6 Å². The van der Waals surface area contributed by atoms with Crippen LogP contribution in [-0.4, -0.2) is 62.7 Å². The molecule has 1 aliphatic rings. The molecule has 248 valence electrons. The minimum Gasteiger partial charge on any atom is -0.497 e. The lowest BCUT2D eigenvalue weighted by Crippen LogP contribution is -2.31. The summed E-state index contributed by atoms with van der Waals surface area (Å²) in [5.41, 5.74) is 2.35. The number of amides is 2. The van der Waals surface area contributed by atoms with Crippen molar-refractivity contribution in [3.05, 3.63) is 95.8 Å². The third-order valence-corrected chi connectivity index (χ3v) is 8.06. The molecule has 6 rings (SSSR count). The predicted molar refractivity (Wildman–Crippen MR) is 175 cm³/mol. The maximum atomic E-state index is 13.1. The summed E-state index contributed by atoms with van der Waals surface area (Å²) in [6, 6.07) is 17.7. The number of nitrogens with zero attached hydrogens (tertiary/aromatic N) is 5. The third-order valence-electron chi connectivity index (χ3n) is 8.06. The second-order valence-electron chi connectivity index (χ2n) is 11.3. The number of likely N-dealkylation sites (tertiary alicyclic amines) is 1. The Balaban J connectivity index is 1.25. The van der Waals surface area contributed by atoms with Crippen LogP contribution in [0.3, 0.4) is 0 Å². The van der Waals surface area contributed by atoms with E-state index in [2.05, 4.69) is 25.9 Å². The van der Waals surface area contributed by atoms with Gasteiger partial charge < -0.3 is 25.6 Å². The number of rotatable bonds is 10. The largest absolute Gasteiger partial charge is 0.497 e. The van der Waals surface area contributed by atoms with Crippen molar-refractivity contribution in [2.75, 3.05) is 36.1 Å². The van der Waals surface area contributed by atoms with Crippen LogP contribution >= 0.6 is 0 Å². The maximum absolute atomic E-state index is 13.1. The number of fused-ring (bicyclic) bond motifs is 1. The highest BCUT2D eigenvalue weighted by molar-refractivity contribution is 6.04. The Bertz CT molecular complexity index is 1930. The Kier molecular flexibility index (Phi) is 9.15. The standard InChI is InChI=1S/C34H33F3N8O3/c1-3-29(46)44-17-14-25(20-44)41-31-30-27(13-16-39-32(30)45(43-31)19-21-4-10-26(48-2)11-5-21)40-24-8-6-22(7-9-24)33(47)42-28-18-23(12-15-38-28)34(35,36)37/h4-13,15-16,18,25H,3,14,17,19-20H2,1-2H3,(H,39,40)(H,41,43)(H,38,42,47)/t25-/m1/s1. The lowest BCUT2D eigenvalue weighted by atomic mass is 10.1. The fourth-order valence-electron chi connectivity index (χ4n) is 5.56. The van der Waals surface area contributed by atoms with Gasteiger partial charge in [-0.2, -0.15) is 18.3 Å². The van der Waals surface area contributed by atoms with Gasteiger partial charge in [0.05, 0.1) is 30.3 Å². The molecule has 5 aromatic rings. The summed E-state index contributed by atoms with van der Waals surface area (Å²) in [4.78, 5) is 35.5. The molecule has 0 aliphatic carbocycles. The topological polar surface area (TPSA) is 126 Å². The van der Waals surface area contributed by atoms with Crippen LogP contribution in [0.1, 0.15) is 41.3 Å². The molecule has 14 heteroatoms. The van der Waals surface area contributed by atoms with E-state index < -0.39 is 17.6 Å². The van der Waals surface area contributed by atoms with E-state index in [9.17, 15) is 22.8 Å². The lowest BCUT2D eigenvalue weighted by molar-refractivity contribution is -0.137. The van der Waals surface area contributed by atoms with E-state index in [1.165, 1.54) is 0 Å². The van der Waals surface area contributed by atoms with Crippen molar-refractivity contribution in [3.8, 4) is 5.75 Å². The van der Waals surface area contributed by atoms with Crippen molar-refractivity contribution in [3.63, 3.8) is 0 Å². The molecule has 11 nitrogen and oxygen atoms in total. The summed E-state index contributed by atoms with van der Waals surface area (Å²) in [6.07, 6.45) is -0.645. The van der Waals surface area contributed by atoms with E-state index in [0.29, 0.717) is 48.9 Å². The zero-order valence-corrected chi connectivity index (χ0v) is 26.2. The smallest absolute Gasteiger partial charge is 0.416 e. The number of nitrogens with one attached hydrogen (secondary N) is 3. The van der Waals surface area contributed by atoms with Gasteiger partial charge >= 0.3 is 6.18 Å². The van der Waals surface area contributed by atoms with Gasteiger partial charge in [0.15, 0.2) is 11.5 Å². The first kappa shape index (κ1) is 32.3. The fourth-order valence-corrected chi connectivity index (χ4v) is 5.56. The number of carbonyl (C=O) groups is 2. The van der Waals surface area contributed by atoms with E-state index in [1.54, 1.807) is 37.6 Å². The minimum absolute atomic E-state index is 0.00482. The van der Waals surface area contributed by atoms with E-state index in [1.807, 2.05) is 46.8 Å². The van der Waals surface area contributed by atoms with Gasteiger partial charge in [-0.15, -0.1) is 0 Å². The van der Waals surface area contributed by atoms with Crippen LogP contribution in [0, 0.1) is 0 Å². The van der Waals surface area contributed by atoms with Crippen LogP contribution in [0.25, 0.3) is 11.0 Å². The van der Waals surface area contributed by atoms with Gasteiger partial charge in [0.1, 0.15) is 11.6 Å². The first-order valence-corrected chi connectivity index (χ1v) is 15.4. The van der Waals surface area contributed by atoms with Crippen molar-refractivity contribution in [1.29, 1.82) is 0 Å². The van der Waals surface area contributed by atoms with Gasteiger partial charge in [0.25, 0.3) is 5.91 Å². The normalized spacial score (nSPS) is 14.6. The minimum atomic E-state index is -4.55. The average molecular weight is 659 g/mol. The van der Waals surface area contributed by atoms with Crippen molar-refractivity contribution < 1.29 is 27.5 Å². The number of hydrogen-bond acceptors (Lipinski definition) is 8. The van der Waals surface area contributed by atoms with E-state index in [-0.39, 0.29) is 23.3 Å². The number of benzene rings is 2. The molecule has 1 fully saturated rings. The number of pyridine rings is 2. The summed E-state index contributed by atoms with van der Waals surface area (Å²) in [5.74, 6) is 0.681. The molecule has 1 saturated heterocycles. The van der Waals surface area contributed by atoms with Gasteiger partial charge in [-0.3, -0.25) is 9.59 Å². The zero-order valence-electron chi connectivity index (χ0n) is 26.2. The number of methoxy groups -OCH3 is 1. The summed E-state index contributed by atoms with van der Waals surface area (Å²) < 4.78 is 46.4. The highest BCUT2D eigenvalue weighted by Crippen LogP contribution is 2.33. The molecule has 2 amide bonds. The summed E-state index contributed by atoms with van der Waals surface area (Å²) in [6.45, 7) is 3.55. The molecule has 0 bridgehead atoms. The highest BCUT2D eigenvalue weighted by Gasteiger charge is 2.31. The molecular formula is C34H33F3N8O3. The van der Waals surface area contributed by atoms with Crippen LogP contribution in [0.2, 0.25) is 0 Å². The summed E-state index contributed by atoms with van der Waals surface area (Å²) in [5, 5.41) is 15.0. The van der Waals surface area contributed by atoms with Crippen LogP contribution < -0.4 is 20.7 Å². The first-order valence-electron chi connectivity index (χ1n) is 15.4. The first-order chi connectivity index (χ1) is 23.1. The van der Waals surface area contributed by atoms with E-state index in [0.717, 1.165) is 41.4 Å². The molecule has 0 saturated carbocycles. The number of alkyl halides is 3. The number of anilines is 4. The van der Waals surface area contributed by atoms with Crippen molar-refractivity contribution in [2.45, 2.75) is 38.5 Å². The van der Waals surface area contributed by atoms with Crippen molar-refractivity contribution >= 4 is 45.9 Å². The molecule has 1 aliphatic heterocycles. The summed E-state index contributed by atoms with van der Waals surface area (Å²) >= 11 is 0. The Morgan fingerprint density at radius 3 is 2.46 bits per heavy atom. The number of carbonyl (C=O) groups excluding carboxylic acids is 2.